The van der Waals surface area contributed by atoms with E-state index in [0.717, 1.165) is 29.1 Å². The van der Waals surface area contributed by atoms with Crippen molar-refractivity contribution in [1.82, 2.24) is 0 Å². The number of benzene rings is 1. The van der Waals surface area contributed by atoms with Gasteiger partial charge < -0.3 is 9.84 Å². The summed E-state index contributed by atoms with van der Waals surface area (Å²) < 4.78 is 5.36. The van der Waals surface area contributed by atoms with Crippen LogP contribution in [0, 0.1) is 0 Å². The Morgan fingerprint density at radius 1 is 1.47 bits per heavy atom. The topological polar surface area (TPSA) is 46.5 Å². The summed E-state index contributed by atoms with van der Waals surface area (Å²) in [6.45, 7) is 0. The lowest BCUT2D eigenvalue weighted by Gasteiger charge is -2.10. The summed E-state index contributed by atoms with van der Waals surface area (Å²) in [6.07, 6.45) is 1.51. The van der Waals surface area contributed by atoms with E-state index in [1.54, 1.807) is 11.8 Å². The molecule has 0 saturated heterocycles. The molecule has 1 fully saturated rings. The summed E-state index contributed by atoms with van der Waals surface area (Å²) in [5.41, 5.74) is 0.324. The third-order valence-electron chi connectivity index (χ3n) is 3.08. The second-order valence-electron chi connectivity index (χ2n) is 3.96. The molecule has 3 nitrogen and oxygen atoms in total. The van der Waals surface area contributed by atoms with Gasteiger partial charge in [-0.2, -0.15) is 0 Å². The van der Waals surface area contributed by atoms with Gasteiger partial charge in [0.1, 0.15) is 11.7 Å². The molecule has 0 atom stereocenters. The summed E-state index contributed by atoms with van der Waals surface area (Å²) in [6, 6.07) is 5.73. The van der Waals surface area contributed by atoms with Gasteiger partial charge in [0, 0.05) is 0 Å². The van der Waals surface area contributed by atoms with Crippen LogP contribution in [0.25, 0.3) is 0 Å². The van der Waals surface area contributed by atoms with Crippen molar-refractivity contribution < 1.29 is 14.6 Å². The molecule has 1 N–H and O–H groups in total. The van der Waals surface area contributed by atoms with Gasteiger partial charge in [-0.05, 0) is 30.5 Å². The van der Waals surface area contributed by atoms with Crippen molar-refractivity contribution in [1.29, 1.82) is 0 Å². The second-order valence-corrected chi connectivity index (χ2v) is 4.92. The molecule has 0 radical (unpaired) electrons. The van der Waals surface area contributed by atoms with Crippen molar-refractivity contribution in [2.75, 3.05) is 5.94 Å². The van der Waals surface area contributed by atoms with Gasteiger partial charge in [-0.1, -0.05) is 17.8 Å². The van der Waals surface area contributed by atoms with Crippen LogP contribution in [0.1, 0.15) is 18.4 Å². The first-order chi connectivity index (χ1) is 7.22. The molecule has 1 heterocycles. The minimum Gasteiger partial charge on any atom is -0.481 e. The molecule has 78 valence electrons. The SMILES string of the molecule is O=C(O)C1(c2ccc3c(c2)SCO3)CC1. The van der Waals surface area contributed by atoms with Gasteiger partial charge in [-0.15, -0.1) is 0 Å². The minimum absolute atomic E-state index is 0.599. The average molecular weight is 222 g/mol. The highest BCUT2D eigenvalue weighted by molar-refractivity contribution is 7.99. The second kappa shape index (κ2) is 2.92. The van der Waals surface area contributed by atoms with Gasteiger partial charge in [0.25, 0.3) is 0 Å². The minimum atomic E-state index is -0.702. The molecule has 0 spiro atoms. The molecule has 1 aliphatic heterocycles. The summed E-state index contributed by atoms with van der Waals surface area (Å²) in [4.78, 5) is 12.2. The van der Waals surface area contributed by atoms with Crippen LogP contribution in [0.4, 0.5) is 0 Å². The number of fused-ring (bicyclic) bond motifs is 1. The van der Waals surface area contributed by atoms with E-state index in [4.69, 9.17) is 9.84 Å². The van der Waals surface area contributed by atoms with Crippen molar-refractivity contribution in [3.63, 3.8) is 0 Å². The van der Waals surface area contributed by atoms with E-state index in [0.29, 0.717) is 5.94 Å². The van der Waals surface area contributed by atoms with E-state index < -0.39 is 11.4 Å². The van der Waals surface area contributed by atoms with Crippen molar-refractivity contribution in [2.45, 2.75) is 23.2 Å². The standard InChI is InChI=1S/C11H10O3S/c12-10(13)11(3-4-11)7-1-2-8-9(5-7)15-6-14-8/h1-2,5H,3-4,6H2,(H,12,13). The largest absolute Gasteiger partial charge is 0.481 e. The Morgan fingerprint density at radius 3 is 2.93 bits per heavy atom. The van der Waals surface area contributed by atoms with Gasteiger partial charge in [0.05, 0.1) is 10.3 Å². The van der Waals surface area contributed by atoms with E-state index in [2.05, 4.69) is 0 Å². The normalized spacial score (nSPS) is 20.5. The maximum absolute atomic E-state index is 11.1. The molecule has 0 unspecified atom stereocenters. The third-order valence-corrected chi connectivity index (χ3v) is 3.95. The number of rotatable bonds is 2. The van der Waals surface area contributed by atoms with Gasteiger partial charge in [0.15, 0.2) is 0 Å². The van der Waals surface area contributed by atoms with Crippen molar-refractivity contribution in [3.05, 3.63) is 23.8 Å². The van der Waals surface area contributed by atoms with Gasteiger partial charge in [-0.25, -0.2) is 0 Å². The highest BCUT2D eigenvalue weighted by Crippen LogP contribution is 2.50. The zero-order valence-corrected chi connectivity index (χ0v) is 8.84. The van der Waals surface area contributed by atoms with Crippen LogP contribution < -0.4 is 4.74 Å². The van der Waals surface area contributed by atoms with Crippen molar-refractivity contribution >= 4 is 17.7 Å². The fourth-order valence-corrected chi connectivity index (χ4v) is 2.74. The summed E-state index contributed by atoms with van der Waals surface area (Å²) >= 11 is 1.62. The first-order valence-electron chi connectivity index (χ1n) is 4.86. The van der Waals surface area contributed by atoms with Crippen LogP contribution in [-0.4, -0.2) is 17.0 Å². The van der Waals surface area contributed by atoms with Crippen LogP contribution in [0.3, 0.4) is 0 Å². The number of aliphatic carboxylic acids is 1. The summed E-state index contributed by atoms with van der Waals surface area (Å²) in [7, 11) is 0. The Kier molecular flexibility index (Phi) is 1.77. The quantitative estimate of drug-likeness (QED) is 0.833. The highest BCUT2D eigenvalue weighted by atomic mass is 32.2. The predicted molar refractivity (Wildman–Crippen MR) is 56.3 cm³/mol. The van der Waals surface area contributed by atoms with Crippen LogP contribution in [0.2, 0.25) is 0 Å². The molecule has 2 aliphatic rings. The smallest absolute Gasteiger partial charge is 0.314 e. The maximum Gasteiger partial charge on any atom is 0.314 e. The van der Waals surface area contributed by atoms with Gasteiger partial charge >= 0.3 is 5.97 Å². The Labute approximate surface area is 91.4 Å². The van der Waals surface area contributed by atoms with E-state index in [1.807, 2.05) is 18.2 Å². The Bertz CT molecular complexity index is 437. The number of ether oxygens (including phenoxy) is 1. The molecule has 4 heteroatoms. The number of carboxylic acid groups (broad SMARTS) is 1. The number of carboxylic acids is 1. The molecule has 0 bridgehead atoms. The first-order valence-corrected chi connectivity index (χ1v) is 5.84. The molecule has 0 amide bonds. The fraction of sp³-hybridized carbons (Fsp3) is 0.364. The van der Waals surface area contributed by atoms with Crippen LogP contribution >= 0.6 is 11.8 Å². The van der Waals surface area contributed by atoms with Crippen LogP contribution in [-0.2, 0) is 10.2 Å². The summed E-state index contributed by atoms with van der Waals surface area (Å²) in [5.74, 6) is 0.815. The number of hydrogen-bond acceptors (Lipinski definition) is 3. The molecular weight excluding hydrogens is 212 g/mol. The Morgan fingerprint density at radius 2 is 2.27 bits per heavy atom. The zero-order valence-electron chi connectivity index (χ0n) is 8.03. The lowest BCUT2D eigenvalue weighted by atomic mass is 9.96. The van der Waals surface area contributed by atoms with E-state index in [1.165, 1.54) is 0 Å². The third kappa shape index (κ3) is 1.24. The molecule has 1 saturated carbocycles. The molecule has 1 aromatic rings. The van der Waals surface area contributed by atoms with E-state index in [-0.39, 0.29) is 0 Å². The van der Waals surface area contributed by atoms with E-state index in [9.17, 15) is 4.79 Å². The Balaban J connectivity index is 2.03. The fourth-order valence-electron chi connectivity index (χ4n) is 1.95. The summed E-state index contributed by atoms with van der Waals surface area (Å²) in [5, 5.41) is 9.17. The Hall–Kier alpha value is -1.16. The molecule has 3 rings (SSSR count). The highest BCUT2D eigenvalue weighted by Gasteiger charge is 2.51. The maximum atomic E-state index is 11.1. The lowest BCUT2D eigenvalue weighted by molar-refractivity contribution is -0.140. The number of thioether (sulfide) groups is 1. The first kappa shape index (κ1) is 9.09. The van der Waals surface area contributed by atoms with Crippen molar-refractivity contribution in [3.8, 4) is 5.75 Å². The van der Waals surface area contributed by atoms with Crippen LogP contribution in [0.5, 0.6) is 5.75 Å². The zero-order chi connectivity index (χ0) is 10.5. The lowest BCUT2D eigenvalue weighted by Crippen LogP contribution is -2.19. The molecular formula is C11H10O3S. The molecule has 0 aromatic heterocycles. The van der Waals surface area contributed by atoms with Crippen molar-refractivity contribution in [2.24, 2.45) is 0 Å². The van der Waals surface area contributed by atoms with Crippen LogP contribution in [0.15, 0.2) is 23.1 Å². The molecule has 15 heavy (non-hydrogen) atoms. The monoisotopic (exact) mass is 222 g/mol. The molecule has 1 aliphatic carbocycles. The van der Waals surface area contributed by atoms with E-state index >= 15 is 0 Å². The van der Waals surface area contributed by atoms with Gasteiger partial charge in [-0.3, -0.25) is 4.79 Å². The predicted octanol–water partition coefficient (Wildman–Crippen LogP) is 2.24. The number of hydrogen-bond donors (Lipinski definition) is 1. The number of carbonyl (C=O) groups is 1. The van der Waals surface area contributed by atoms with Gasteiger partial charge in [0.2, 0.25) is 0 Å². The molecule has 1 aromatic carbocycles. The average Bonchev–Trinajstić information content (AvgIpc) is 2.91.